The highest BCUT2D eigenvalue weighted by Gasteiger charge is 2.33. The minimum absolute atomic E-state index is 0.0299. The summed E-state index contributed by atoms with van der Waals surface area (Å²) in [5.41, 5.74) is 0.671. The van der Waals surface area contributed by atoms with Crippen molar-refractivity contribution in [1.29, 1.82) is 0 Å². The molecule has 1 aliphatic heterocycles. The topological polar surface area (TPSA) is 41.6 Å². The van der Waals surface area contributed by atoms with Crippen LogP contribution in [0.5, 0.6) is 0 Å². The monoisotopic (exact) mass is 276 g/mol. The van der Waals surface area contributed by atoms with Crippen LogP contribution in [0, 0.1) is 0 Å². The van der Waals surface area contributed by atoms with E-state index < -0.39 is 5.60 Å². The Morgan fingerprint density at radius 1 is 1.30 bits per heavy atom. The quantitative estimate of drug-likeness (QED) is 0.857. The van der Waals surface area contributed by atoms with E-state index >= 15 is 0 Å². The second-order valence-electron chi connectivity index (χ2n) is 6.37. The third-order valence-electron chi connectivity index (χ3n) is 3.32. The maximum Gasteiger partial charge on any atom is 0.410 e. The normalized spacial score (nSPS) is 23.5. The average Bonchev–Trinajstić information content (AvgIpc) is 2.37. The van der Waals surface area contributed by atoms with Crippen molar-refractivity contribution in [2.75, 3.05) is 13.1 Å². The number of nitrogens with zero attached hydrogens (tertiary/aromatic N) is 1. The third kappa shape index (κ3) is 3.73. The summed E-state index contributed by atoms with van der Waals surface area (Å²) in [6, 6.07) is 10.4. The number of piperazine rings is 1. The number of hydrogen-bond donors (Lipinski definition) is 1. The van der Waals surface area contributed by atoms with E-state index in [-0.39, 0.29) is 18.2 Å². The molecular weight excluding hydrogens is 252 g/mol. The Morgan fingerprint density at radius 3 is 2.55 bits per heavy atom. The molecule has 1 aliphatic rings. The fraction of sp³-hybridized carbons (Fsp3) is 0.562. The van der Waals surface area contributed by atoms with Crippen LogP contribution in [-0.4, -0.2) is 35.7 Å². The second kappa shape index (κ2) is 5.83. The van der Waals surface area contributed by atoms with Gasteiger partial charge in [0.15, 0.2) is 0 Å². The molecule has 20 heavy (non-hydrogen) atoms. The van der Waals surface area contributed by atoms with Crippen molar-refractivity contribution in [3.63, 3.8) is 0 Å². The zero-order valence-electron chi connectivity index (χ0n) is 12.7. The number of nitrogens with one attached hydrogen (secondary N) is 1. The third-order valence-corrected chi connectivity index (χ3v) is 3.32. The molecule has 1 amide bonds. The average molecular weight is 276 g/mol. The van der Waals surface area contributed by atoms with Gasteiger partial charge in [-0.3, -0.25) is 4.90 Å². The van der Waals surface area contributed by atoms with E-state index in [9.17, 15) is 4.79 Å². The van der Waals surface area contributed by atoms with Crippen LogP contribution in [0.4, 0.5) is 4.79 Å². The van der Waals surface area contributed by atoms with Crippen LogP contribution < -0.4 is 5.32 Å². The molecule has 0 radical (unpaired) electrons. The van der Waals surface area contributed by atoms with E-state index in [1.165, 1.54) is 0 Å². The molecule has 2 rings (SSSR count). The summed E-state index contributed by atoms with van der Waals surface area (Å²) in [6.45, 7) is 9.19. The van der Waals surface area contributed by atoms with Crippen LogP contribution in [-0.2, 0) is 4.74 Å². The summed E-state index contributed by atoms with van der Waals surface area (Å²) >= 11 is 0. The first-order chi connectivity index (χ1) is 9.37. The molecule has 1 heterocycles. The smallest absolute Gasteiger partial charge is 0.410 e. The Hall–Kier alpha value is -1.55. The largest absolute Gasteiger partial charge is 0.444 e. The van der Waals surface area contributed by atoms with E-state index in [0.29, 0.717) is 6.54 Å². The first-order valence-electron chi connectivity index (χ1n) is 7.15. The van der Waals surface area contributed by atoms with Gasteiger partial charge in [-0.1, -0.05) is 30.3 Å². The highest BCUT2D eigenvalue weighted by Crippen LogP contribution is 2.25. The van der Waals surface area contributed by atoms with Gasteiger partial charge in [-0.2, -0.15) is 0 Å². The van der Waals surface area contributed by atoms with Gasteiger partial charge < -0.3 is 10.1 Å². The standard InChI is InChI=1S/C16H24N2O2/c1-12-11-18(15(19)20-16(2,3)4)14(10-17-12)13-8-6-5-7-9-13/h5-9,12,14,17H,10-11H2,1-4H3/t12-,14+/m0/s1. The molecular formula is C16H24N2O2. The Kier molecular flexibility index (Phi) is 4.33. The number of ether oxygens (including phenoxy) is 1. The maximum absolute atomic E-state index is 12.4. The number of carbonyl (C=O) groups is 1. The van der Waals surface area contributed by atoms with Gasteiger partial charge in [0, 0.05) is 19.1 Å². The van der Waals surface area contributed by atoms with Crippen LogP contribution in [0.1, 0.15) is 39.3 Å². The molecule has 2 atom stereocenters. The second-order valence-corrected chi connectivity index (χ2v) is 6.37. The summed E-state index contributed by atoms with van der Waals surface area (Å²) in [6.07, 6.45) is -0.236. The molecule has 0 bridgehead atoms. The van der Waals surface area contributed by atoms with E-state index in [2.05, 4.69) is 24.4 Å². The number of benzene rings is 1. The Morgan fingerprint density at radius 2 is 1.95 bits per heavy atom. The van der Waals surface area contributed by atoms with Gasteiger partial charge >= 0.3 is 6.09 Å². The molecule has 0 unspecified atom stereocenters. The fourth-order valence-electron chi connectivity index (χ4n) is 2.41. The molecule has 4 heteroatoms. The molecule has 0 saturated carbocycles. The lowest BCUT2D eigenvalue weighted by Gasteiger charge is -2.40. The SMILES string of the molecule is C[C@H]1CN(C(=O)OC(C)(C)C)[C@@H](c2ccccc2)CN1. The van der Waals surface area contributed by atoms with Crippen molar-refractivity contribution >= 4 is 6.09 Å². The van der Waals surface area contributed by atoms with E-state index in [4.69, 9.17) is 4.74 Å². The van der Waals surface area contributed by atoms with Crippen LogP contribution in [0.25, 0.3) is 0 Å². The van der Waals surface area contributed by atoms with Crippen molar-refractivity contribution in [3.05, 3.63) is 35.9 Å². The Bertz CT molecular complexity index is 453. The van der Waals surface area contributed by atoms with Gasteiger partial charge in [0.1, 0.15) is 5.60 Å². The van der Waals surface area contributed by atoms with Gasteiger partial charge in [0.2, 0.25) is 0 Å². The van der Waals surface area contributed by atoms with E-state index in [1.807, 2.05) is 43.9 Å². The number of rotatable bonds is 1. The molecule has 1 aromatic carbocycles. The number of carbonyl (C=O) groups excluding carboxylic acids is 1. The van der Waals surface area contributed by atoms with E-state index in [0.717, 1.165) is 12.1 Å². The minimum atomic E-state index is -0.466. The van der Waals surface area contributed by atoms with Gasteiger partial charge in [0.25, 0.3) is 0 Å². The summed E-state index contributed by atoms with van der Waals surface area (Å²) in [7, 11) is 0. The first-order valence-corrected chi connectivity index (χ1v) is 7.15. The molecule has 1 fully saturated rings. The summed E-state index contributed by atoms with van der Waals surface area (Å²) < 4.78 is 5.54. The van der Waals surface area contributed by atoms with Gasteiger partial charge in [-0.25, -0.2) is 4.79 Å². The van der Waals surface area contributed by atoms with Crippen LogP contribution >= 0.6 is 0 Å². The highest BCUT2D eigenvalue weighted by atomic mass is 16.6. The molecule has 1 aromatic rings. The van der Waals surface area contributed by atoms with Crippen molar-refractivity contribution in [2.45, 2.75) is 45.4 Å². The van der Waals surface area contributed by atoms with Gasteiger partial charge in [-0.15, -0.1) is 0 Å². The minimum Gasteiger partial charge on any atom is -0.444 e. The van der Waals surface area contributed by atoms with Crippen LogP contribution in [0.3, 0.4) is 0 Å². The van der Waals surface area contributed by atoms with Gasteiger partial charge in [0.05, 0.1) is 6.04 Å². The molecule has 1 saturated heterocycles. The zero-order chi connectivity index (χ0) is 14.8. The fourth-order valence-corrected chi connectivity index (χ4v) is 2.41. The molecule has 0 aromatic heterocycles. The lowest BCUT2D eigenvalue weighted by Crippen LogP contribution is -2.54. The molecule has 110 valence electrons. The molecule has 1 N–H and O–H groups in total. The van der Waals surface area contributed by atoms with Crippen LogP contribution in [0.15, 0.2) is 30.3 Å². The van der Waals surface area contributed by atoms with E-state index in [1.54, 1.807) is 0 Å². The summed E-state index contributed by atoms with van der Waals surface area (Å²) in [4.78, 5) is 14.3. The van der Waals surface area contributed by atoms with Crippen molar-refractivity contribution in [2.24, 2.45) is 0 Å². The Balaban J connectivity index is 2.19. The predicted octanol–water partition coefficient (Wildman–Crippen LogP) is 2.96. The Labute approximate surface area is 121 Å². The summed E-state index contributed by atoms with van der Waals surface area (Å²) in [5.74, 6) is 0. The zero-order valence-corrected chi connectivity index (χ0v) is 12.7. The van der Waals surface area contributed by atoms with Crippen molar-refractivity contribution in [3.8, 4) is 0 Å². The molecule has 4 nitrogen and oxygen atoms in total. The predicted molar refractivity (Wildman–Crippen MR) is 79.6 cm³/mol. The highest BCUT2D eigenvalue weighted by molar-refractivity contribution is 5.69. The van der Waals surface area contributed by atoms with Crippen molar-refractivity contribution in [1.82, 2.24) is 10.2 Å². The first kappa shape index (κ1) is 14.9. The number of amides is 1. The molecule has 0 spiro atoms. The lowest BCUT2D eigenvalue weighted by atomic mass is 10.0. The number of hydrogen-bond acceptors (Lipinski definition) is 3. The molecule has 0 aliphatic carbocycles. The van der Waals surface area contributed by atoms with Gasteiger partial charge in [-0.05, 0) is 33.3 Å². The summed E-state index contributed by atoms with van der Waals surface area (Å²) in [5, 5.41) is 3.43. The lowest BCUT2D eigenvalue weighted by molar-refractivity contribution is 0.00787. The maximum atomic E-state index is 12.4. The van der Waals surface area contributed by atoms with Crippen molar-refractivity contribution < 1.29 is 9.53 Å². The van der Waals surface area contributed by atoms with Crippen LogP contribution in [0.2, 0.25) is 0 Å².